The van der Waals surface area contributed by atoms with Gasteiger partial charge in [0.25, 0.3) is 0 Å². The molecule has 0 spiro atoms. The molecule has 0 amide bonds. The quantitative estimate of drug-likeness (QED) is 0.909. The van der Waals surface area contributed by atoms with Gasteiger partial charge in [0.05, 0.1) is 5.69 Å². The number of nitrogens with one attached hydrogen (secondary N) is 1. The van der Waals surface area contributed by atoms with Crippen molar-refractivity contribution in [2.24, 2.45) is 5.92 Å². The Bertz CT molecular complexity index is 726. The van der Waals surface area contributed by atoms with Crippen molar-refractivity contribution in [3.05, 3.63) is 47.2 Å². The second-order valence-electron chi connectivity index (χ2n) is 7.45. The van der Waals surface area contributed by atoms with E-state index in [4.69, 9.17) is 9.97 Å². The van der Waals surface area contributed by atoms with E-state index >= 15 is 0 Å². The maximum atomic E-state index is 4.76. The first kappa shape index (κ1) is 16.5. The lowest BCUT2D eigenvalue weighted by Crippen LogP contribution is -2.26. The average molecular weight is 337 g/mol. The molecule has 0 saturated heterocycles. The van der Waals surface area contributed by atoms with Crippen LogP contribution < -0.4 is 5.32 Å². The Morgan fingerprint density at radius 1 is 1.16 bits per heavy atom. The monoisotopic (exact) mass is 337 g/mol. The van der Waals surface area contributed by atoms with Crippen LogP contribution >= 0.6 is 0 Å². The molecule has 1 aliphatic heterocycles. The smallest absolute Gasteiger partial charge is 0.133 e. The summed E-state index contributed by atoms with van der Waals surface area (Å²) in [6.45, 7) is 7.36. The lowest BCUT2D eigenvalue weighted by atomic mass is 10.1. The van der Waals surface area contributed by atoms with Crippen LogP contribution in [-0.2, 0) is 19.4 Å². The van der Waals surface area contributed by atoms with Crippen LogP contribution in [0.25, 0.3) is 0 Å². The first-order chi connectivity index (χ1) is 12.2. The minimum Gasteiger partial charge on any atom is -0.367 e. The molecule has 5 nitrogen and oxygen atoms in total. The summed E-state index contributed by atoms with van der Waals surface area (Å²) in [5.41, 5.74) is 3.88. The molecule has 2 aromatic rings. The first-order valence-electron chi connectivity index (χ1n) is 9.43. The molecular formula is C20H27N5. The van der Waals surface area contributed by atoms with Crippen LogP contribution in [0.15, 0.2) is 24.5 Å². The van der Waals surface area contributed by atoms with Crippen molar-refractivity contribution in [3.63, 3.8) is 0 Å². The third kappa shape index (κ3) is 3.98. The Hall–Kier alpha value is -2.01. The summed E-state index contributed by atoms with van der Waals surface area (Å²) in [5.74, 6) is 2.78. The van der Waals surface area contributed by atoms with Crippen molar-refractivity contribution < 1.29 is 0 Å². The van der Waals surface area contributed by atoms with Gasteiger partial charge >= 0.3 is 0 Å². The standard InChI is InChI=1S/C20H27N5/c1-14(17-3-4-17)22-20-18-7-11-25(13-16-5-9-21-10-6-16)12-8-19(18)23-15(2)24-20/h5-6,9-10,14,17H,3-4,7-8,11-13H2,1-2H3,(H,22,23,24)/t14-/m1/s1. The predicted octanol–water partition coefficient (Wildman–Crippen LogP) is 2.99. The third-order valence-electron chi connectivity index (χ3n) is 5.40. The van der Waals surface area contributed by atoms with Crippen molar-refractivity contribution in [3.8, 4) is 0 Å². The van der Waals surface area contributed by atoms with Crippen LogP contribution in [0.3, 0.4) is 0 Å². The van der Waals surface area contributed by atoms with Gasteiger partial charge in [-0.25, -0.2) is 9.97 Å². The number of aromatic nitrogens is 3. The average Bonchev–Trinajstić information content (AvgIpc) is 3.44. The fourth-order valence-electron chi connectivity index (χ4n) is 3.72. The van der Waals surface area contributed by atoms with Gasteiger partial charge in [0.1, 0.15) is 11.6 Å². The van der Waals surface area contributed by atoms with E-state index in [1.165, 1.54) is 29.7 Å². The SMILES string of the molecule is Cc1nc2c(c(N[C@H](C)C3CC3)n1)CCN(Cc1ccncc1)CC2. The van der Waals surface area contributed by atoms with Gasteiger partial charge in [-0.15, -0.1) is 0 Å². The lowest BCUT2D eigenvalue weighted by molar-refractivity contribution is 0.279. The van der Waals surface area contributed by atoms with Gasteiger partial charge in [-0.05, 0) is 56.7 Å². The van der Waals surface area contributed by atoms with Crippen LogP contribution in [0.1, 0.15) is 42.4 Å². The van der Waals surface area contributed by atoms with Crippen LogP contribution in [-0.4, -0.2) is 39.0 Å². The molecule has 1 N–H and O–H groups in total. The maximum absolute atomic E-state index is 4.76. The van der Waals surface area contributed by atoms with Crippen LogP contribution in [0, 0.1) is 12.8 Å². The van der Waals surface area contributed by atoms with Crippen LogP contribution in [0.5, 0.6) is 0 Å². The highest BCUT2D eigenvalue weighted by Crippen LogP contribution is 2.34. The summed E-state index contributed by atoms with van der Waals surface area (Å²) >= 11 is 0. The van der Waals surface area contributed by atoms with E-state index in [9.17, 15) is 0 Å². The van der Waals surface area contributed by atoms with E-state index in [1.54, 1.807) is 0 Å². The number of hydrogen-bond acceptors (Lipinski definition) is 5. The Morgan fingerprint density at radius 2 is 1.92 bits per heavy atom. The molecule has 132 valence electrons. The first-order valence-corrected chi connectivity index (χ1v) is 9.43. The molecule has 2 aromatic heterocycles. The van der Waals surface area contributed by atoms with Crippen molar-refractivity contribution >= 4 is 5.82 Å². The van der Waals surface area contributed by atoms with Crippen LogP contribution in [0.4, 0.5) is 5.82 Å². The second-order valence-corrected chi connectivity index (χ2v) is 7.45. The van der Waals surface area contributed by atoms with E-state index in [2.05, 4.69) is 34.3 Å². The third-order valence-corrected chi connectivity index (χ3v) is 5.40. The summed E-state index contributed by atoms with van der Waals surface area (Å²) < 4.78 is 0. The lowest BCUT2D eigenvalue weighted by Gasteiger charge is -2.20. The minimum absolute atomic E-state index is 0.509. The molecule has 5 heteroatoms. The molecule has 1 fully saturated rings. The molecule has 2 aliphatic rings. The topological polar surface area (TPSA) is 53.9 Å². The molecule has 25 heavy (non-hydrogen) atoms. The van der Waals surface area contributed by atoms with Gasteiger partial charge in [0.2, 0.25) is 0 Å². The highest BCUT2D eigenvalue weighted by molar-refractivity contribution is 5.48. The zero-order valence-electron chi connectivity index (χ0n) is 15.2. The molecule has 0 aromatic carbocycles. The number of anilines is 1. The van der Waals surface area contributed by atoms with E-state index in [-0.39, 0.29) is 0 Å². The zero-order valence-corrected chi connectivity index (χ0v) is 15.2. The van der Waals surface area contributed by atoms with Gasteiger partial charge < -0.3 is 5.32 Å². The summed E-state index contributed by atoms with van der Waals surface area (Å²) in [7, 11) is 0. The molecule has 1 aliphatic carbocycles. The number of fused-ring (bicyclic) bond motifs is 1. The molecule has 0 radical (unpaired) electrons. The van der Waals surface area contributed by atoms with E-state index in [1.807, 2.05) is 19.3 Å². The number of hydrogen-bond donors (Lipinski definition) is 1. The van der Waals surface area contributed by atoms with Gasteiger partial charge in [-0.3, -0.25) is 9.88 Å². The van der Waals surface area contributed by atoms with E-state index in [0.717, 1.165) is 50.0 Å². The summed E-state index contributed by atoms with van der Waals surface area (Å²) in [6.07, 6.45) is 8.45. The zero-order chi connectivity index (χ0) is 17.2. The fourth-order valence-corrected chi connectivity index (χ4v) is 3.72. The highest BCUT2D eigenvalue weighted by Gasteiger charge is 2.29. The second kappa shape index (κ2) is 7.08. The minimum atomic E-state index is 0.509. The molecule has 0 unspecified atom stereocenters. The normalized spacial score (nSPS) is 19.1. The molecule has 1 atom stereocenters. The van der Waals surface area contributed by atoms with Gasteiger partial charge in [-0.1, -0.05) is 0 Å². The van der Waals surface area contributed by atoms with Crippen molar-refractivity contribution in [1.82, 2.24) is 19.9 Å². The molecule has 3 heterocycles. The van der Waals surface area contributed by atoms with Crippen molar-refractivity contribution in [2.75, 3.05) is 18.4 Å². The maximum Gasteiger partial charge on any atom is 0.133 e. The van der Waals surface area contributed by atoms with Crippen molar-refractivity contribution in [2.45, 2.75) is 52.1 Å². The van der Waals surface area contributed by atoms with Gasteiger partial charge in [0.15, 0.2) is 0 Å². The summed E-state index contributed by atoms with van der Waals surface area (Å²) in [4.78, 5) is 16.1. The molecule has 0 bridgehead atoms. The van der Waals surface area contributed by atoms with Gasteiger partial charge in [0, 0.05) is 50.1 Å². The Balaban J connectivity index is 1.50. The highest BCUT2D eigenvalue weighted by atomic mass is 15.1. The Labute approximate surface area is 149 Å². The number of rotatable bonds is 5. The summed E-state index contributed by atoms with van der Waals surface area (Å²) in [5, 5.41) is 3.69. The van der Waals surface area contributed by atoms with Crippen molar-refractivity contribution in [1.29, 1.82) is 0 Å². The largest absolute Gasteiger partial charge is 0.367 e. The Morgan fingerprint density at radius 3 is 2.68 bits per heavy atom. The van der Waals surface area contributed by atoms with Crippen LogP contribution in [0.2, 0.25) is 0 Å². The number of nitrogens with zero attached hydrogens (tertiary/aromatic N) is 4. The molecule has 1 saturated carbocycles. The number of pyridine rings is 1. The van der Waals surface area contributed by atoms with Gasteiger partial charge in [-0.2, -0.15) is 0 Å². The fraction of sp³-hybridized carbons (Fsp3) is 0.550. The predicted molar refractivity (Wildman–Crippen MR) is 99.5 cm³/mol. The molecular weight excluding hydrogens is 310 g/mol. The van der Waals surface area contributed by atoms with E-state index < -0.39 is 0 Å². The summed E-state index contributed by atoms with van der Waals surface area (Å²) in [6, 6.07) is 4.72. The Kier molecular flexibility index (Phi) is 4.66. The van der Waals surface area contributed by atoms with E-state index in [0.29, 0.717) is 6.04 Å². The molecule has 4 rings (SSSR count). The number of aryl methyl sites for hydroxylation is 1.